The molecule has 0 N–H and O–H groups in total. The third kappa shape index (κ3) is 3.72. The molecule has 0 aliphatic rings. The van der Waals surface area contributed by atoms with E-state index in [1.54, 1.807) is 11.8 Å². The quantitative estimate of drug-likeness (QED) is 0.627. The second-order valence-corrected chi connectivity index (χ2v) is 6.52. The Morgan fingerprint density at radius 2 is 2.32 bits per heavy atom. The number of hydrogen-bond acceptors (Lipinski definition) is 5. The van der Waals surface area contributed by atoms with E-state index in [9.17, 15) is 4.79 Å². The van der Waals surface area contributed by atoms with Crippen molar-refractivity contribution in [3.8, 4) is 0 Å². The average molecular weight is 314 g/mol. The Bertz CT molecular complexity index is 598. The molecule has 3 nitrogen and oxygen atoms in total. The van der Waals surface area contributed by atoms with Gasteiger partial charge in [0.2, 0.25) is 0 Å². The molecule has 2 rings (SSSR count). The first-order valence-electron chi connectivity index (χ1n) is 5.53. The number of thiazole rings is 1. The maximum absolute atomic E-state index is 11.5. The number of esters is 1. The van der Waals surface area contributed by atoms with Crippen LogP contribution in [0.3, 0.4) is 0 Å². The molecule has 0 aliphatic heterocycles. The summed E-state index contributed by atoms with van der Waals surface area (Å²) in [5, 5.41) is 1.62. The first-order valence-corrected chi connectivity index (χ1v) is 7.71. The number of nitrogens with zero attached hydrogens (tertiary/aromatic N) is 1. The highest BCUT2D eigenvalue weighted by Crippen LogP contribution is 2.28. The minimum atomic E-state index is -0.382. The summed E-state index contributed by atoms with van der Waals surface area (Å²) in [4.78, 5) is 17.7. The van der Waals surface area contributed by atoms with E-state index in [2.05, 4.69) is 9.72 Å². The lowest BCUT2D eigenvalue weighted by atomic mass is 10.4. The van der Waals surface area contributed by atoms with Crippen LogP contribution in [0.4, 0.5) is 0 Å². The summed E-state index contributed by atoms with van der Waals surface area (Å²) in [5.41, 5.74) is 0.411. The van der Waals surface area contributed by atoms with Gasteiger partial charge in [0, 0.05) is 14.8 Å². The van der Waals surface area contributed by atoms with Crippen molar-refractivity contribution >= 4 is 40.7 Å². The predicted molar refractivity (Wildman–Crippen MR) is 79.2 cm³/mol. The van der Waals surface area contributed by atoms with Gasteiger partial charge < -0.3 is 4.74 Å². The first-order chi connectivity index (χ1) is 9.10. The van der Waals surface area contributed by atoms with Gasteiger partial charge in [0.15, 0.2) is 5.69 Å². The van der Waals surface area contributed by atoms with Gasteiger partial charge in [-0.2, -0.15) is 0 Å². The molecular formula is C13H12ClNO2S2. The predicted octanol–water partition coefficient (Wildman–Crippen LogP) is 4.18. The zero-order valence-corrected chi connectivity index (χ0v) is 12.9. The minimum Gasteiger partial charge on any atom is -0.464 e. The molecule has 1 heterocycles. The summed E-state index contributed by atoms with van der Waals surface area (Å²) in [6, 6.07) is 7.66. The molecule has 0 fully saturated rings. The van der Waals surface area contributed by atoms with E-state index >= 15 is 0 Å². The number of thioether (sulfide) groups is 1. The number of rotatable bonds is 4. The lowest BCUT2D eigenvalue weighted by molar-refractivity contribution is 0.0594. The Kier molecular flexibility index (Phi) is 4.85. The van der Waals surface area contributed by atoms with Gasteiger partial charge in [0.1, 0.15) is 5.01 Å². The molecule has 6 heteroatoms. The van der Waals surface area contributed by atoms with Crippen molar-refractivity contribution in [1.29, 1.82) is 0 Å². The van der Waals surface area contributed by atoms with Crippen molar-refractivity contribution in [3.63, 3.8) is 0 Å². The second kappa shape index (κ2) is 6.41. The summed E-state index contributed by atoms with van der Waals surface area (Å²) < 4.78 is 4.69. The fourth-order valence-corrected chi connectivity index (χ4v) is 3.62. The Morgan fingerprint density at radius 1 is 1.53 bits per heavy atom. The maximum atomic E-state index is 11.5. The van der Waals surface area contributed by atoms with Crippen LogP contribution in [0.5, 0.6) is 0 Å². The van der Waals surface area contributed by atoms with Gasteiger partial charge in [-0.1, -0.05) is 17.7 Å². The number of aromatic nitrogens is 1. The van der Waals surface area contributed by atoms with Gasteiger partial charge in [-0.3, -0.25) is 0 Å². The lowest BCUT2D eigenvalue weighted by Gasteiger charge is -1.99. The maximum Gasteiger partial charge on any atom is 0.357 e. The number of carbonyl (C=O) groups excluding carboxylic acids is 1. The minimum absolute atomic E-state index is 0.382. The van der Waals surface area contributed by atoms with Crippen LogP contribution in [0.15, 0.2) is 29.2 Å². The van der Waals surface area contributed by atoms with Crippen LogP contribution in [0.2, 0.25) is 5.02 Å². The largest absolute Gasteiger partial charge is 0.464 e. The highest BCUT2D eigenvalue weighted by atomic mass is 35.5. The normalized spacial score (nSPS) is 10.5. The van der Waals surface area contributed by atoms with E-state index in [1.807, 2.05) is 31.2 Å². The van der Waals surface area contributed by atoms with Gasteiger partial charge in [0.25, 0.3) is 0 Å². The molecule has 0 saturated carbocycles. The van der Waals surface area contributed by atoms with Crippen molar-refractivity contribution in [2.75, 3.05) is 7.11 Å². The topological polar surface area (TPSA) is 39.2 Å². The number of aryl methyl sites for hydroxylation is 1. The van der Waals surface area contributed by atoms with Crippen molar-refractivity contribution in [1.82, 2.24) is 4.98 Å². The molecule has 19 heavy (non-hydrogen) atoms. The van der Waals surface area contributed by atoms with E-state index in [0.29, 0.717) is 11.4 Å². The summed E-state index contributed by atoms with van der Waals surface area (Å²) in [7, 11) is 1.36. The van der Waals surface area contributed by atoms with Crippen LogP contribution in [-0.4, -0.2) is 18.1 Å². The van der Waals surface area contributed by atoms with Gasteiger partial charge >= 0.3 is 5.97 Å². The van der Waals surface area contributed by atoms with E-state index in [-0.39, 0.29) is 5.97 Å². The zero-order chi connectivity index (χ0) is 13.8. The Labute approximate surface area is 125 Å². The highest BCUT2D eigenvalue weighted by Gasteiger charge is 2.15. The van der Waals surface area contributed by atoms with Gasteiger partial charge in [-0.25, -0.2) is 9.78 Å². The molecule has 0 bridgehead atoms. The molecular weight excluding hydrogens is 302 g/mol. The smallest absolute Gasteiger partial charge is 0.357 e. The van der Waals surface area contributed by atoms with Crippen LogP contribution in [0.1, 0.15) is 20.4 Å². The fraction of sp³-hybridized carbons (Fsp3) is 0.231. The van der Waals surface area contributed by atoms with E-state index < -0.39 is 0 Å². The molecule has 0 spiro atoms. The molecule has 100 valence electrons. The average Bonchev–Trinajstić information content (AvgIpc) is 2.77. The number of halogens is 1. The van der Waals surface area contributed by atoms with E-state index in [4.69, 9.17) is 11.6 Å². The van der Waals surface area contributed by atoms with Crippen molar-refractivity contribution in [2.45, 2.75) is 17.6 Å². The molecule has 0 aliphatic carbocycles. The van der Waals surface area contributed by atoms with Crippen LogP contribution in [-0.2, 0) is 10.5 Å². The second-order valence-electron chi connectivity index (χ2n) is 3.75. The van der Waals surface area contributed by atoms with Gasteiger partial charge in [-0.15, -0.1) is 23.1 Å². The number of methoxy groups -OCH3 is 1. The third-order valence-electron chi connectivity index (χ3n) is 2.38. The van der Waals surface area contributed by atoms with Crippen LogP contribution in [0.25, 0.3) is 0 Å². The molecule has 2 aromatic rings. The number of benzene rings is 1. The Morgan fingerprint density at radius 3 is 3.00 bits per heavy atom. The number of ether oxygens (including phenoxy) is 1. The standard InChI is InChI=1S/C13H12ClNO2S2/c1-8-12(13(16)17-2)15-11(19-8)7-18-10-5-3-4-9(14)6-10/h3-6H,7H2,1-2H3. The van der Waals surface area contributed by atoms with Crippen LogP contribution in [0, 0.1) is 6.92 Å². The van der Waals surface area contributed by atoms with Gasteiger partial charge in [-0.05, 0) is 25.1 Å². The molecule has 0 unspecified atom stereocenters. The first kappa shape index (κ1) is 14.4. The van der Waals surface area contributed by atoms with Gasteiger partial charge in [0.05, 0.1) is 12.9 Å². The fourth-order valence-electron chi connectivity index (χ4n) is 1.50. The number of carbonyl (C=O) groups is 1. The van der Waals surface area contributed by atoms with Crippen molar-refractivity contribution in [3.05, 3.63) is 44.9 Å². The monoisotopic (exact) mass is 313 g/mol. The molecule has 0 atom stereocenters. The lowest BCUT2D eigenvalue weighted by Crippen LogP contribution is -2.03. The van der Waals surface area contributed by atoms with Crippen molar-refractivity contribution in [2.24, 2.45) is 0 Å². The number of hydrogen-bond donors (Lipinski definition) is 0. The van der Waals surface area contributed by atoms with Crippen LogP contribution < -0.4 is 0 Å². The molecule has 0 radical (unpaired) electrons. The summed E-state index contributed by atoms with van der Waals surface area (Å²) >= 11 is 9.08. The van der Waals surface area contributed by atoms with Crippen LogP contribution >= 0.6 is 34.7 Å². The molecule has 0 amide bonds. The van der Waals surface area contributed by atoms with Crippen molar-refractivity contribution < 1.29 is 9.53 Å². The Hall–Kier alpha value is -1.04. The summed E-state index contributed by atoms with van der Waals surface area (Å²) in [6.45, 7) is 1.87. The SMILES string of the molecule is COC(=O)c1nc(CSc2cccc(Cl)c2)sc1C. The van der Waals surface area contributed by atoms with E-state index in [1.165, 1.54) is 18.4 Å². The highest BCUT2D eigenvalue weighted by molar-refractivity contribution is 7.98. The molecule has 0 saturated heterocycles. The third-order valence-corrected chi connectivity index (χ3v) is 4.77. The summed E-state index contributed by atoms with van der Waals surface area (Å²) in [6.07, 6.45) is 0. The zero-order valence-electron chi connectivity index (χ0n) is 10.5. The molecule has 1 aromatic carbocycles. The Balaban J connectivity index is 2.06. The van der Waals surface area contributed by atoms with E-state index in [0.717, 1.165) is 19.8 Å². The summed E-state index contributed by atoms with van der Waals surface area (Å²) in [5.74, 6) is 0.329. The molecule has 1 aromatic heterocycles.